The molecule has 0 amide bonds. The highest BCUT2D eigenvalue weighted by Gasteiger charge is 2.15. The summed E-state index contributed by atoms with van der Waals surface area (Å²) < 4.78 is 14.1. The number of ether oxygens (including phenoxy) is 2. The summed E-state index contributed by atoms with van der Waals surface area (Å²) in [6.45, 7) is 6.51. The van der Waals surface area contributed by atoms with Crippen molar-refractivity contribution < 1.29 is 9.47 Å². The van der Waals surface area contributed by atoms with E-state index in [-0.39, 0.29) is 6.61 Å². The van der Waals surface area contributed by atoms with Crippen LogP contribution in [-0.2, 0) is 13.0 Å². The molecule has 0 aliphatic rings. The molecule has 1 aromatic heterocycles. The third-order valence-corrected chi connectivity index (χ3v) is 5.60. The molecule has 7 nitrogen and oxygen atoms in total. The summed E-state index contributed by atoms with van der Waals surface area (Å²) in [4.78, 5) is 0. The summed E-state index contributed by atoms with van der Waals surface area (Å²) >= 11 is 5.40. The molecule has 0 bridgehead atoms. The molecule has 0 atom stereocenters. The van der Waals surface area contributed by atoms with Crippen LogP contribution in [0, 0.1) is 16.1 Å². The van der Waals surface area contributed by atoms with E-state index in [0.717, 1.165) is 22.3 Å². The number of aromatic nitrogens is 3. The van der Waals surface area contributed by atoms with E-state index in [1.807, 2.05) is 73.7 Å². The molecule has 4 aromatic rings. The minimum absolute atomic E-state index is 0.242. The Kier molecular flexibility index (Phi) is 8.06. The molecule has 180 valence electrons. The van der Waals surface area contributed by atoms with Gasteiger partial charge < -0.3 is 9.47 Å². The average Bonchev–Trinajstić information content (AvgIpc) is 3.28. The Morgan fingerprint density at radius 1 is 1.11 bits per heavy atom. The molecule has 0 unspecified atom stereocenters. The van der Waals surface area contributed by atoms with Crippen molar-refractivity contribution in [3.05, 3.63) is 106 Å². The summed E-state index contributed by atoms with van der Waals surface area (Å²) in [7, 11) is 0. The second-order valence-electron chi connectivity index (χ2n) is 7.77. The molecule has 36 heavy (non-hydrogen) atoms. The van der Waals surface area contributed by atoms with Gasteiger partial charge in [0.15, 0.2) is 17.3 Å². The van der Waals surface area contributed by atoms with Gasteiger partial charge in [-0.2, -0.15) is 20.1 Å². The van der Waals surface area contributed by atoms with E-state index < -0.39 is 0 Å². The normalized spacial score (nSPS) is 10.8. The molecule has 0 spiro atoms. The first kappa shape index (κ1) is 24.6. The molecule has 1 heterocycles. The smallest absolute Gasteiger partial charge is 0.216 e. The SMILES string of the molecule is C=CCc1cc(/C=N\n2c(-c3ccccc3)n[nH]c2=S)cc(OCC)c1OCc1ccccc1C#N. The topological polar surface area (TPSA) is 88.2 Å². The summed E-state index contributed by atoms with van der Waals surface area (Å²) in [6.07, 6.45) is 4.08. The van der Waals surface area contributed by atoms with Crippen molar-refractivity contribution in [3.63, 3.8) is 0 Å². The zero-order valence-electron chi connectivity index (χ0n) is 19.8. The lowest BCUT2D eigenvalue weighted by Gasteiger charge is -2.17. The van der Waals surface area contributed by atoms with Gasteiger partial charge in [-0.25, -0.2) is 5.10 Å². The number of nitrogens with one attached hydrogen (secondary N) is 1. The number of rotatable bonds is 10. The Balaban J connectivity index is 1.69. The molecule has 1 N–H and O–H groups in total. The van der Waals surface area contributed by atoms with Gasteiger partial charge in [0.25, 0.3) is 0 Å². The minimum Gasteiger partial charge on any atom is -0.490 e. The number of benzene rings is 3. The fourth-order valence-corrected chi connectivity index (χ4v) is 3.87. The molecule has 0 saturated carbocycles. The number of H-pyrrole nitrogens is 1. The second kappa shape index (κ2) is 11.8. The summed E-state index contributed by atoms with van der Waals surface area (Å²) in [5.41, 5.74) is 3.98. The Bertz CT molecular complexity index is 1480. The van der Waals surface area contributed by atoms with Gasteiger partial charge >= 0.3 is 0 Å². The van der Waals surface area contributed by atoms with Gasteiger partial charge in [-0.1, -0.05) is 54.6 Å². The first-order valence-electron chi connectivity index (χ1n) is 11.4. The van der Waals surface area contributed by atoms with Crippen molar-refractivity contribution in [2.24, 2.45) is 5.10 Å². The number of hydrogen-bond acceptors (Lipinski definition) is 6. The molecule has 0 saturated heterocycles. The standard InChI is InChI=1S/C28H25N5O2S/c1-3-10-22-15-20(18-30-33-27(31-32-28(33)36)21-11-6-5-7-12-21)16-25(34-4-2)26(22)35-19-24-14-9-8-13-23(24)17-29/h3,5-9,11-16,18H,1,4,10,19H2,2H3,(H,32,36)/b30-18-. The highest BCUT2D eigenvalue weighted by molar-refractivity contribution is 7.71. The van der Waals surface area contributed by atoms with Crippen LogP contribution in [0.1, 0.15) is 29.2 Å². The highest BCUT2D eigenvalue weighted by Crippen LogP contribution is 2.34. The van der Waals surface area contributed by atoms with E-state index in [4.69, 9.17) is 21.7 Å². The van der Waals surface area contributed by atoms with E-state index >= 15 is 0 Å². The number of nitrogens with zero attached hydrogens (tertiary/aromatic N) is 4. The summed E-state index contributed by atoms with van der Waals surface area (Å²) in [5, 5.41) is 21.1. The van der Waals surface area contributed by atoms with Gasteiger partial charge in [0.1, 0.15) is 6.61 Å². The average molecular weight is 496 g/mol. The lowest BCUT2D eigenvalue weighted by Crippen LogP contribution is -2.05. The van der Waals surface area contributed by atoms with Crippen LogP contribution >= 0.6 is 12.2 Å². The molecule has 0 aliphatic carbocycles. The van der Waals surface area contributed by atoms with Gasteiger partial charge in [-0.05, 0) is 49.3 Å². The van der Waals surface area contributed by atoms with Crippen LogP contribution in [0.25, 0.3) is 11.4 Å². The monoisotopic (exact) mass is 495 g/mol. The molecule has 0 radical (unpaired) electrons. The largest absolute Gasteiger partial charge is 0.490 e. The number of allylic oxidation sites excluding steroid dienone is 1. The Morgan fingerprint density at radius 2 is 1.89 bits per heavy atom. The highest BCUT2D eigenvalue weighted by atomic mass is 32.1. The van der Waals surface area contributed by atoms with Crippen LogP contribution in [0.5, 0.6) is 11.5 Å². The number of hydrogen-bond donors (Lipinski definition) is 1. The van der Waals surface area contributed by atoms with Gasteiger partial charge in [-0.3, -0.25) is 0 Å². The van der Waals surface area contributed by atoms with Crippen molar-refractivity contribution in [2.45, 2.75) is 20.0 Å². The van der Waals surface area contributed by atoms with Crippen molar-refractivity contribution in [1.82, 2.24) is 14.9 Å². The molecule has 3 aromatic carbocycles. The van der Waals surface area contributed by atoms with E-state index in [1.165, 1.54) is 0 Å². The fraction of sp³-hybridized carbons (Fsp3) is 0.143. The summed E-state index contributed by atoms with van der Waals surface area (Å²) in [5.74, 6) is 1.82. The van der Waals surface area contributed by atoms with Crippen LogP contribution in [0.2, 0.25) is 0 Å². The zero-order valence-corrected chi connectivity index (χ0v) is 20.7. The van der Waals surface area contributed by atoms with Gasteiger partial charge in [0.05, 0.1) is 24.5 Å². The maximum atomic E-state index is 9.40. The van der Waals surface area contributed by atoms with Gasteiger partial charge in [-0.15, -0.1) is 6.58 Å². The van der Waals surface area contributed by atoms with Crippen LogP contribution in [0.3, 0.4) is 0 Å². The predicted molar refractivity (Wildman–Crippen MR) is 143 cm³/mol. The van der Waals surface area contributed by atoms with Gasteiger partial charge in [0.2, 0.25) is 4.77 Å². The zero-order chi connectivity index (χ0) is 25.3. The van der Waals surface area contributed by atoms with Crippen LogP contribution < -0.4 is 9.47 Å². The maximum Gasteiger partial charge on any atom is 0.216 e. The molecular formula is C28H25N5O2S. The first-order chi connectivity index (χ1) is 17.6. The second-order valence-corrected chi connectivity index (χ2v) is 8.15. The Morgan fingerprint density at radius 3 is 2.64 bits per heavy atom. The third-order valence-electron chi connectivity index (χ3n) is 5.33. The van der Waals surface area contributed by atoms with Crippen molar-refractivity contribution in [3.8, 4) is 29.0 Å². The number of nitriles is 1. The van der Waals surface area contributed by atoms with Crippen molar-refractivity contribution >= 4 is 18.4 Å². The quantitative estimate of drug-likeness (QED) is 0.164. The fourth-order valence-electron chi connectivity index (χ4n) is 3.69. The Labute approximate surface area is 215 Å². The first-order valence-corrected chi connectivity index (χ1v) is 11.8. The van der Waals surface area contributed by atoms with Gasteiger partial charge in [0, 0.05) is 16.7 Å². The lowest BCUT2D eigenvalue weighted by molar-refractivity contribution is 0.267. The third kappa shape index (κ3) is 5.59. The van der Waals surface area contributed by atoms with Crippen molar-refractivity contribution in [2.75, 3.05) is 6.61 Å². The molecular weight excluding hydrogens is 470 g/mol. The maximum absolute atomic E-state index is 9.40. The van der Waals surface area contributed by atoms with E-state index in [2.05, 4.69) is 27.9 Å². The predicted octanol–water partition coefficient (Wildman–Crippen LogP) is 6.07. The molecule has 0 fully saturated rings. The van der Waals surface area contributed by atoms with Crippen LogP contribution in [-0.4, -0.2) is 27.7 Å². The van der Waals surface area contributed by atoms with Crippen LogP contribution in [0.4, 0.5) is 0 Å². The number of aromatic amines is 1. The minimum atomic E-state index is 0.242. The molecule has 4 rings (SSSR count). The lowest BCUT2D eigenvalue weighted by atomic mass is 10.1. The van der Waals surface area contributed by atoms with E-state index in [9.17, 15) is 5.26 Å². The molecule has 8 heteroatoms. The Hall–Kier alpha value is -4.48. The van der Waals surface area contributed by atoms with E-state index in [0.29, 0.717) is 40.7 Å². The summed E-state index contributed by atoms with van der Waals surface area (Å²) in [6, 6.07) is 23.1. The van der Waals surface area contributed by atoms with Crippen molar-refractivity contribution in [1.29, 1.82) is 5.26 Å². The van der Waals surface area contributed by atoms with Crippen LogP contribution in [0.15, 0.2) is 84.5 Å². The molecule has 0 aliphatic heterocycles. The van der Waals surface area contributed by atoms with E-state index in [1.54, 1.807) is 17.0 Å².